The number of methoxy groups -OCH3 is 1. The fourth-order valence-corrected chi connectivity index (χ4v) is 5.97. The highest BCUT2D eigenvalue weighted by molar-refractivity contribution is 7.99. The summed E-state index contributed by atoms with van der Waals surface area (Å²) < 4.78 is 21.8. The second-order valence-corrected chi connectivity index (χ2v) is 11.0. The van der Waals surface area contributed by atoms with E-state index in [2.05, 4.69) is 5.32 Å². The van der Waals surface area contributed by atoms with E-state index in [1.165, 1.54) is 12.1 Å². The lowest BCUT2D eigenvalue weighted by molar-refractivity contribution is -0.385. The number of hydrogen-bond acceptors (Lipinski definition) is 10. The Morgan fingerprint density at radius 3 is 2.58 bits per heavy atom. The molecule has 2 aliphatic heterocycles. The van der Waals surface area contributed by atoms with Gasteiger partial charge in [0.2, 0.25) is 6.79 Å². The third-order valence-corrected chi connectivity index (χ3v) is 8.19. The molecule has 0 spiro atoms. The molecule has 0 unspecified atom stereocenters. The van der Waals surface area contributed by atoms with Crippen molar-refractivity contribution in [3.63, 3.8) is 0 Å². The molecule has 3 aliphatic rings. The lowest BCUT2D eigenvalue weighted by Gasteiger charge is -2.36. The number of nitro groups is 1. The van der Waals surface area contributed by atoms with Crippen molar-refractivity contribution in [2.24, 2.45) is 0 Å². The number of allylic oxidation sites excluding steroid dienone is 3. The van der Waals surface area contributed by atoms with E-state index in [1.807, 2.05) is 31.2 Å². The summed E-state index contributed by atoms with van der Waals surface area (Å²) >= 11 is 1.63. The number of ketones is 1. The van der Waals surface area contributed by atoms with Crippen molar-refractivity contribution >= 4 is 29.2 Å². The number of dihydropyridines is 1. The molecular weight excluding hydrogens is 536 g/mol. The zero-order valence-electron chi connectivity index (χ0n) is 22.5. The molecule has 0 radical (unpaired) electrons. The molecule has 0 aromatic heterocycles. The Kier molecular flexibility index (Phi) is 8.02. The molecule has 0 saturated heterocycles. The maximum Gasteiger partial charge on any atom is 0.336 e. The number of carbonyl (C=O) groups excluding carboxylic acids is 2. The van der Waals surface area contributed by atoms with E-state index in [-0.39, 0.29) is 54.1 Å². The smallest absolute Gasteiger partial charge is 0.336 e. The van der Waals surface area contributed by atoms with Crippen LogP contribution in [0.4, 0.5) is 5.69 Å². The molecule has 0 fully saturated rings. The molecule has 10 nitrogen and oxygen atoms in total. The fourth-order valence-electron chi connectivity index (χ4n) is 5.48. The number of Topliss-reactive ketones (excluding diaryl/α,β-unsaturated/α-hetero) is 1. The number of hydrogen-bond donors (Lipinski definition) is 1. The highest BCUT2D eigenvalue weighted by atomic mass is 32.2. The molecule has 210 valence electrons. The van der Waals surface area contributed by atoms with Gasteiger partial charge in [0.15, 0.2) is 17.3 Å². The predicted molar refractivity (Wildman–Crippen MR) is 149 cm³/mol. The lowest BCUT2D eigenvalue weighted by Crippen LogP contribution is -2.36. The van der Waals surface area contributed by atoms with Crippen molar-refractivity contribution in [2.75, 3.05) is 32.0 Å². The first-order valence-corrected chi connectivity index (χ1v) is 14.2. The van der Waals surface area contributed by atoms with Crippen molar-refractivity contribution in [1.29, 1.82) is 0 Å². The van der Waals surface area contributed by atoms with Gasteiger partial charge in [-0.25, -0.2) is 4.79 Å². The molecule has 2 atom stereocenters. The van der Waals surface area contributed by atoms with Crippen molar-refractivity contribution in [2.45, 2.75) is 38.5 Å². The molecule has 11 heteroatoms. The van der Waals surface area contributed by atoms with Crippen LogP contribution < -0.4 is 19.5 Å². The van der Waals surface area contributed by atoms with Gasteiger partial charge in [-0.2, -0.15) is 11.8 Å². The van der Waals surface area contributed by atoms with Crippen molar-refractivity contribution in [3.8, 4) is 17.2 Å². The molecule has 1 N–H and O–H groups in total. The largest absolute Gasteiger partial charge is 0.497 e. The van der Waals surface area contributed by atoms with E-state index in [9.17, 15) is 19.7 Å². The van der Waals surface area contributed by atoms with Gasteiger partial charge in [-0.1, -0.05) is 19.1 Å². The van der Waals surface area contributed by atoms with Crippen LogP contribution in [0.25, 0.3) is 0 Å². The standard InChI is InChI=1S/C29H30N2O8S/c1-4-40-10-9-37-29(33)26-16(2)30-21-11-18(17-5-7-19(36-3)8-6-17)12-23(32)28(21)27(26)20-13-24-25(39-15-38-24)14-22(20)31(34)35/h5-8,13-14,18,27,30H,4,9-12,15H2,1-3H3/t18-,27-/m0/s1. The Hall–Kier alpha value is -3.99. The average molecular weight is 567 g/mol. The van der Waals surface area contributed by atoms with Crippen LogP contribution in [0, 0.1) is 10.1 Å². The second kappa shape index (κ2) is 11.6. The van der Waals surface area contributed by atoms with Gasteiger partial charge < -0.3 is 24.3 Å². The SMILES string of the molecule is CCSCCOC(=O)C1=C(C)NC2=C(C(=O)C[C@@H](c3ccc(OC)cc3)C2)[C@H]1c1cc2c(cc1[N+](=O)[O-])OCO2. The number of nitrogens with zero attached hydrogens (tertiary/aromatic N) is 1. The summed E-state index contributed by atoms with van der Waals surface area (Å²) in [6.07, 6.45) is 0.686. The highest BCUT2D eigenvalue weighted by Gasteiger charge is 2.44. The zero-order chi connectivity index (χ0) is 28.4. The number of benzene rings is 2. The zero-order valence-corrected chi connectivity index (χ0v) is 23.3. The van der Waals surface area contributed by atoms with Gasteiger partial charge in [-0.3, -0.25) is 14.9 Å². The first-order chi connectivity index (χ1) is 19.3. The molecular formula is C29H30N2O8S. The summed E-state index contributed by atoms with van der Waals surface area (Å²) in [5.74, 6) is 0.878. The van der Waals surface area contributed by atoms with E-state index >= 15 is 0 Å². The second-order valence-electron chi connectivity index (χ2n) is 9.64. The maximum absolute atomic E-state index is 13.9. The van der Waals surface area contributed by atoms with Crippen LogP contribution in [0.2, 0.25) is 0 Å². The molecule has 5 rings (SSSR count). The molecule has 0 bridgehead atoms. The Morgan fingerprint density at radius 2 is 1.90 bits per heavy atom. The summed E-state index contributed by atoms with van der Waals surface area (Å²) in [7, 11) is 1.60. The molecule has 2 heterocycles. The van der Waals surface area contributed by atoms with Crippen molar-refractivity contribution < 1.29 is 33.5 Å². The van der Waals surface area contributed by atoms with E-state index in [0.717, 1.165) is 17.1 Å². The number of carbonyl (C=O) groups is 2. The summed E-state index contributed by atoms with van der Waals surface area (Å²) in [4.78, 5) is 39.1. The quantitative estimate of drug-likeness (QED) is 0.192. The highest BCUT2D eigenvalue weighted by Crippen LogP contribution is 2.50. The van der Waals surface area contributed by atoms with E-state index in [0.29, 0.717) is 34.9 Å². The van der Waals surface area contributed by atoms with Crippen LogP contribution >= 0.6 is 11.8 Å². The van der Waals surface area contributed by atoms with Crippen LogP contribution in [0.1, 0.15) is 49.7 Å². The normalized spacial score (nSPS) is 19.7. The van der Waals surface area contributed by atoms with E-state index in [1.54, 1.807) is 25.8 Å². The fraction of sp³-hybridized carbons (Fsp3) is 0.379. The lowest BCUT2D eigenvalue weighted by atomic mass is 9.71. The van der Waals surface area contributed by atoms with Gasteiger partial charge in [0.25, 0.3) is 5.69 Å². The number of nitro benzene ring substituents is 1. The van der Waals surface area contributed by atoms with Crippen LogP contribution in [0.5, 0.6) is 17.2 Å². The Morgan fingerprint density at radius 1 is 1.18 bits per heavy atom. The third kappa shape index (κ3) is 5.25. The third-order valence-electron chi connectivity index (χ3n) is 7.33. The number of nitrogens with one attached hydrogen (secondary N) is 1. The predicted octanol–water partition coefficient (Wildman–Crippen LogP) is 4.99. The molecule has 1 aliphatic carbocycles. The number of thioether (sulfide) groups is 1. The van der Waals surface area contributed by atoms with Crippen LogP contribution in [-0.4, -0.2) is 48.7 Å². The number of esters is 1. The minimum atomic E-state index is -0.998. The van der Waals surface area contributed by atoms with Crippen LogP contribution in [0.15, 0.2) is 58.9 Å². The van der Waals surface area contributed by atoms with E-state index in [4.69, 9.17) is 18.9 Å². The van der Waals surface area contributed by atoms with Crippen molar-refractivity contribution in [1.82, 2.24) is 5.32 Å². The molecule has 2 aromatic carbocycles. The minimum absolute atomic E-state index is 0.0720. The monoisotopic (exact) mass is 566 g/mol. The number of fused-ring (bicyclic) bond motifs is 1. The van der Waals surface area contributed by atoms with Gasteiger partial charge in [-0.05, 0) is 48.8 Å². The number of ether oxygens (including phenoxy) is 4. The Balaban J connectivity index is 1.59. The first kappa shape index (κ1) is 27.6. The summed E-state index contributed by atoms with van der Waals surface area (Å²) in [5.41, 5.74) is 2.57. The molecule has 2 aromatic rings. The van der Waals surface area contributed by atoms with Gasteiger partial charge in [0, 0.05) is 34.7 Å². The van der Waals surface area contributed by atoms with Gasteiger partial charge in [-0.15, -0.1) is 0 Å². The minimum Gasteiger partial charge on any atom is -0.497 e. The van der Waals surface area contributed by atoms with Gasteiger partial charge in [0.05, 0.1) is 29.6 Å². The van der Waals surface area contributed by atoms with Gasteiger partial charge in [0.1, 0.15) is 12.4 Å². The van der Waals surface area contributed by atoms with Gasteiger partial charge >= 0.3 is 5.97 Å². The van der Waals surface area contributed by atoms with Crippen LogP contribution in [-0.2, 0) is 14.3 Å². The average Bonchev–Trinajstić information content (AvgIpc) is 3.41. The topological polar surface area (TPSA) is 126 Å². The summed E-state index contributed by atoms with van der Waals surface area (Å²) in [6, 6.07) is 10.4. The maximum atomic E-state index is 13.9. The summed E-state index contributed by atoms with van der Waals surface area (Å²) in [6.45, 7) is 3.86. The van der Waals surface area contributed by atoms with Crippen molar-refractivity contribution in [3.05, 3.63) is 80.2 Å². The molecule has 0 amide bonds. The summed E-state index contributed by atoms with van der Waals surface area (Å²) in [5, 5.41) is 15.5. The first-order valence-electron chi connectivity index (χ1n) is 13.0. The van der Waals surface area contributed by atoms with E-state index < -0.39 is 16.8 Å². The van der Waals surface area contributed by atoms with Crippen LogP contribution in [0.3, 0.4) is 0 Å². The molecule has 0 saturated carbocycles. The molecule has 40 heavy (non-hydrogen) atoms. The Labute approximate surface area is 235 Å². The number of rotatable bonds is 9. The Bertz CT molecular complexity index is 1420.